The average molecular weight is 330 g/mol. The van der Waals surface area contributed by atoms with E-state index in [1.54, 1.807) is 17.6 Å². The van der Waals surface area contributed by atoms with Crippen LogP contribution in [0.5, 0.6) is 0 Å². The minimum Gasteiger partial charge on any atom is -0.465 e. The summed E-state index contributed by atoms with van der Waals surface area (Å²) < 4.78 is 16.4. The molecule has 1 aromatic heterocycles. The van der Waals surface area contributed by atoms with E-state index in [9.17, 15) is 9.00 Å². The van der Waals surface area contributed by atoms with Gasteiger partial charge in [-0.25, -0.2) is 4.98 Å². The highest BCUT2D eigenvalue weighted by molar-refractivity contribution is 7.84. The van der Waals surface area contributed by atoms with Gasteiger partial charge in [-0.15, -0.1) is 11.3 Å². The maximum atomic E-state index is 12.0. The van der Waals surface area contributed by atoms with Crippen molar-refractivity contribution in [1.29, 1.82) is 0 Å². The summed E-state index contributed by atoms with van der Waals surface area (Å²) in [7, 11) is -0.836. The second kappa shape index (κ2) is 7.35. The van der Waals surface area contributed by atoms with Crippen molar-refractivity contribution in [2.24, 2.45) is 0 Å². The van der Waals surface area contributed by atoms with Gasteiger partial charge in [0.15, 0.2) is 5.13 Å². The number of aromatic nitrogens is 1. The Labute approximate surface area is 131 Å². The summed E-state index contributed by atoms with van der Waals surface area (Å²) in [5.74, 6) is 0.195. The summed E-state index contributed by atoms with van der Waals surface area (Å²) in [6.07, 6.45) is 4.47. The number of carbonyl (C=O) groups is 1. The highest BCUT2D eigenvalue weighted by Gasteiger charge is 2.31. The van der Waals surface area contributed by atoms with E-state index in [0.717, 1.165) is 30.1 Å². The third kappa shape index (κ3) is 4.26. The molecule has 1 aromatic rings. The number of thiazole rings is 1. The van der Waals surface area contributed by atoms with Gasteiger partial charge in [-0.3, -0.25) is 9.00 Å². The van der Waals surface area contributed by atoms with E-state index >= 15 is 0 Å². The van der Waals surface area contributed by atoms with Gasteiger partial charge in [0.05, 0.1) is 12.3 Å². The summed E-state index contributed by atoms with van der Waals surface area (Å²) in [4.78, 5) is 17.8. The Bertz CT molecular complexity index is 530. The lowest BCUT2D eigenvalue weighted by atomic mass is 9.91. The van der Waals surface area contributed by atoms with E-state index in [2.05, 4.69) is 10.3 Å². The fourth-order valence-electron chi connectivity index (χ4n) is 2.56. The lowest BCUT2D eigenvalue weighted by Crippen LogP contribution is -2.22. The normalized spacial score (nSPS) is 20.4. The third-order valence-corrected chi connectivity index (χ3v) is 5.41. The maximum absolute atomic E-state index is 12.0. The number of hydrogen-bond acceptors (Lipinski definition) is 6. The monoisotopic (exact) mass is 330 g/mol. The van der Waals surface area contributed by atoms with Crippen molar-refractivity contribution in [1.82, 2.24) is 4.98 Å². The number of nitrogens with zero attached hydrogens (tertiary/aromatic N) is 1. The zero-order valence-electron chi connectivity index (χ0n) is 12.7. The van der Waals surface area contributed by atoms with Crippen LogP contribution in [0.1, 0.15) is 43.2 Å². The first-order valence-corrected chi connectivity index (χ1v) is 9.78. The van der Waals surface area contributed by atoms with Crippen LogP contribution in [0.3, 0.4) is 0 Å². The Balaban J connectivity index is 2.11. The molecular formula is C14H22N2O3S2. The van der Waals surface area contributed by atoms with Crippen LogP contribution in [-0.2, 0) is 26.8 Å². The molecule has 0 aliphatic heterocycles. The molecule has 2 rings (SSSR count). The SMILES string of the molecule is CCOC(=O)C1CCCc2sc(NC(C)CS(C)=O)nc21. The zero-order chi connectivity index (χ0) is 15.4. The van der Waals surface area contributed by atoms with Gasteiger partial charge in [0, 0.05) is 33.7 Å². The molecule has 1 heterocycles. The van der Waals surface area contributed by atoms with Crippen LogP contribution < -0.4 is 5.32 Å². The predicted octanol–water partition coefficient (Wildman–Crippen LogP) is 2.31. The van der Waals surface area contributed by atoms with Crippen LogP contribution in [0.4, 0.5) is 5.13 Å². The number of esters is 1. The molecule has 3 atom stereocenters. The van der Waals surface area contributed by atoms with Crippen molar-refractivity contribution in [2.45, 2.75) is 45.1 Å². The molecule has 0 radical (unpaired) electrons. The lowest BCUT2D eigenvalue weighted by molar-refractivity contribution is -0.145. The summed E-state index contributed by atoms with van der Waals surface area (Å²) in [5, 5.41) is 4.10. The van der Waals surface area contributed by atoms with E-state index < -0.39 is 10.8 Å². The number of rotatable bonds is 6. The molecule has 1 N–H and O–H groups in total. The molecule has 3 unspecified atom stereocenters. The van der Waals surface area contributed by atoms with Crippen molar-refractivity contribution in [3.8, 4) is 0 Å². The smallest absolute Gasteiger partial charge is 0.315 e. The Morgan fingerprint density at radius 2 is 2.38 bits per heavy atom. The van der Waals surface area contributed by atoms with Crippen LogP contribution in [0.2, 0.25) is 0 Å². The molecule has 1 aliphatic carbocycles. The number of aryl methyl sites for hydroxylation is 1. The van der Waals surface area contributed by atoms with Gasteiger partial charge in [-0.05, 0) is 33.1 Å². The average Bonchev–Trinajstić information content (AvgIpc) is 2.79. The summed E-state index contributed by atoms with van der Waals surface area (Å²) in [5.41, 5.74) is 0.872. The van der Waals surface area contributed by atoms with Crippen molar-refractivity contribution in [2.75, 3.05) is 23.9 Å². The van der Waals surface area contributed by atoms with Crippen molar-refractivity contribution >= 4 is 33.2 Å². The second-order valence-electron chi connectivity index (χ2n) is 5.31. The van der Waals surface area contributed by atoms with E-state index in [0.29, 0.717) is 12.4 Å². The van der Waals surface area contributed by atoms with Gasteiger partial charge in [0.1, 0.15) is 5.92 Å². The van der Waals surface area contributed by atoms with Gasteiger partial charge in [-0.2, -0.15) is 0 Å². The molecule has 0 amide bonds. The van der Waals surface area contributed by atoms with Gasteiger partial charge < -0.3 is 10.1 Å². The molecule has 7 heteroatoms. The first-order chi connectivity index (χ1) is 10.0. The molecule has 0 saturated carbocycles. The van der Waals surface area contributed by atoms with E-state index in [1.165, 1.54) is 4.88 Å². The number of nitrogens with one attached hydrogen (secondary N) is 1. The maximum Gasteiger partial charge on any atom is 0.315 e. The van der Waals surface area contributed by atoms with Crippen LogP contribution in [0.25, 0.3) is 0 Å². The molecule has 0 spiro atoms. The number of hydrogen-bond donors (Lipinski definition) is 1. The molecule has 5 nitrogen and oxygen atoms in total. The van der Waals surface area contributed by atoms with Gasteiger partial charge in [-0.1, -0.05) is 0 Å². The number of fused-ring (bicyclic) bond motifs is 1. The molecule has 1 aliphatic rings. The summed E-state index contributed by atoms with van der Waals surface area (Å²) >= 11 is 1.60. The molecular weight excluding hydrogens is 308 g/mol. The van der Waals surface area contributed by atoms with Crippen LogP contribution in [0, 0.1) is 0 Å². The van der Waals surface area contributed by atoms with Crippen molar-refractivity contribution in [3.63, 3.8) is 0 Å². The number of ether oxygens (including phenoxy) is 1. The quantitative estimate of drug-likeness (QED) is 0.811. The topological polar surface area (TPSA) is 68.3 Å². The minimum atomic E-state index is -0.836. The predicted molar refractivity (Wildman–Crippen MR) is 86.4 cm³/mol. The van der Waals surface area contributed by atoms with Crippen LogP contribution >= 0.6 is 11.3 Å². The van der Waals surface area contributed by atoms with Crippen molar-refractivity contribution in [3.05, 3.63) is 10.6 Å². The van der Waals surface area contributed by atoms with E-state index in [4.69, 9.17) is 4.74 Å². The Hall–Kier alpha value is -0.950. The molecule has 21 heavy (non-hydrogen) atoms. The van der Waals surface area contributed by atoms with Crippen LogP contribution in [-0.4, -0.2) is 39.8 Å². The summed E-state index contributed by atoms with van der Waals surface area (Å²) in [6, 6.07) is 0.101. The molecule has 118 valence electrons. The highest BCUT2D eigenvalue weighted by Crippen LogP contribution is 2.37. The lowest BCUT2D eigenvalue weighted by Gasteiger charge is -2.19. The second-order valence-corrected chi connectivity index (χ2v) is 7.87. The first kappa shape index (κ1) is 16.4. The van der Waals surface area contributed by atoms with Gasteiger partial charge in [0.2, 0.25) is 0 Å². The molecule has 0 aromatic carbocycles. The Kier molecular flexibility index (Phi) is 5.75. The Morgan fingerprint density at radius 3 is 3.05 bits per heavy atom. The first-order valence-electron chi connectivity index (χ1n) is 7.24. The van der Waals surface area contributed by atoms with E-state index in [1.807, 2.05) is 13.8 Å². The molecule has 0 bridgehead atoms. The van der Waals surface area contributed by atoms with Gasteiger partial charge >= 0.3 is 5.97 Å². The standard InChI is InChI=1S/C14H22N2O3S2/c1-4-19-13(17)10-6-5-7-11-12(10)16-14(20-11)15-9(2)8-21(3)18/h9-10H,4-8H2,1-3H3,(H,15,16). The Morgan fingerprint density at radius 1 is 1.62 bits per heavy atom. The fourth-order valence-corrected chi connectivity index (χ4v) is 4.52. The zero-order valence-corrected chi connectivity index (χ0v) is 14.3. The fraction of sp³-hybridized carbons (Fsp3) is 0.714. The third-order valence-electron chi connectivity index (χ3n) is 3.38. The molecule has 0 fully saturated rings. The van der Waals surface area contributed by atoms with E-state index in [-0.39, 0.29) is 17.9 Å². The van der Waals surface area contributed by atoms with Gasteiger partial charge in [0.25, 0.3) is 0 Å². The minimum absolute atomic E-state index is 0.101. The molecule has 0 saturated heterocycles. The highest BCUT2D eigenvalue weighted by atomic mass is 32.2. The number of carbonyl (C=O) groups excluding carboxylic acids is 1. The van der Waals surface area contributed by atoms with Crippen LogP contribution in [0.15, 0.2) is 0 Å². The summed E-state index contributed by atoms with van der Waals surface area (Å²) in [6.45, 7) is 4.21. The largest absolute Gasteiger partial charge is 0.465 e. The number of anilines is 1. The van der Waals surface area contributed by atoms with Crippen molar-refractivity contribution < 1.29 is 13.7 Å².